The second-order valence-corrected chi connectivity index (χ2v) is 6.34. The number of amides is 1. The number of hydrogen-bond donors (Lipinski definition) is 3. The van der Waals surface area contributed by atoms with Crippen LogP contribution < -0.4 is 11.1 Å². The Morgan fingerprint density at radius 1 is 1.43 bits per heavy atom. The highest BCUT2D eigenvalue weighted by molar-refractivity contribution is 9.10. The maximum atomic E-state index is 12.3. The number of nitrogens with two attached hydrogens (primary N) is 1. The number of aromatic amines is 1. The quantitative estimate of drug-likeness (QED) is 0.793. The van der Waals surface area contributed by atoms with Gasteiger partial charge in [-0.15, -0.1) is 0 Å². The molecule has 6 heteroatoms. The molecule has 3 rings (SSSR count). The summed E-state index contributed by atoms with van der Waals surface area (Å²) in [6, 6.07) is 7.74. The van der Waals surface area contributed by atoms with Gasteiger partial charge < -0.3 is 11.1 Å². The molecule has 1 fully saturated rings. The minimum absolute atomic E-state index is 0.105. The van der Waals surface area contributed by atoms with Crippen LogP contribution in [0.4, 0.5) is 5.69 Å². The van der Waals surface area contributed by atoms with Gasteiger partial charge in [0.25, 0.3) is 5.91 Å². The third-order valence-corrected chi connectivity index (χ3v) is 4.28. The van der Waals surface area contributed by atoms with E-state index < -0.39 is 0 Å². The maximum Gasteiger partial charge on any atom is 0.274 e. The molecule has 21 heavy (non-hydrogen) atoms. The van der Waals surface area contributed by atoms with Crippen molar-refractivity contribution in [2.24, 2.45) is 0 Å². The third-order valence-electron chi connectivity index (χ3n) is 3.75. The second-order valence-electron chi connectivity index (χ2n) is 5.42. The molecule has 1 atom stereocenters. The fraction of sp³-hybridized carbons (Fsp3) is 0.333. The van der Waals surface area contributed by atoms with Gasteiger partial charge in [0.2, 0.25) is 0 Å². The summed E-state index contributed by atoms with van der Waals surface area (Å²) >= 11 is 3.40. The summed E-state index contributed by atoms with van der Waals surface area (Å²) in [4.78, 5) is 12.3. The van der Waals surface area contributed by atoms with Gasteiger partial charge in [0.05, 0.1) is 17.4 Å². The molecule has 1 heterocycles. The number of H-pyrrole nitrogens is 1. The zero-order valence-electron chi connectivity index (χ0n) is 11.7. The van der Waals surface area contributed by atoms with Crippen LogP contribution in [0.15, 0.2) is 28.7 Å². The lowest BCUT2D eigenvalue weighted by Crippen LogP contribution is -2.27. The zero-order valence-corrected chi connectivity index (χ0v) is 13.3. The van der Waals surface area contributed by atoms with E-state index in [2.05, 4.69) is 31.4 Å². The van der Waals surface area contributed by atoms with Gasteiger partial charge in [-0.1, -0.05) is 28.1 Å². The molecular weight excluding hydrogens is 332 g/mol. The number of benzene rings is 1. The molecule has 1 saturated carbocycles. The fourth-order valence-corrected chi connectivity index (χ4v) is 2.58. The van der Waals surface area contributed by atoms with Crippen molar-refractivity contribution in [1.29, 1.82) is 0 Å². The number of carbonyl (C=O) groups excluding carboxylic acids is 1. The fourth-order valence-electron chi connectivity index (χ4n) is 2.32. The molecule has 1 aromatic heterocycles. The van der Waals surface area contributed by atoms with E-state index in [1.165, 1.54) is 0 Å². The molecule has 0 unspecified atom stereocenters. The molecule has 0 spiro atoms. The topological polar surface area (TPSA) is 83.8 Å². The van der Waals surface area contributed by atoms with E-state index in [0.29, 0.717) is 17.3 Å². The summed E-state index contributed by atoms with van der Waals surface area (Å²) in [7, 11) is 0. The number of anilines is 1. The van der Waals surface area contributed by atoms with E-state index in [1.807, 2.05) is 31.2 Å². The van der Waals surface area contributed by atoms with E-state index in [0.717, 1.165) is 28.6 Å². The molecule has 0 radical (unpaired) electrons. The Morgan fingerprint density at radius 3 is 2.71 bits per heavy atom. The monoisotopic (exact) mass is 348 g/mol. The van der Waals surface area contributed by atoms with Crippen LogP contribution in [0.25, 0.3) is 0 Å². The van der Waals surface area contributed by atoms with Crippen molar-refractivity contribution in [3.63, 3.8) is 0 Å². The molecule has 5 nitrogen and oxygen atoms in total. The first-order valence-corrected chi connectivity index (χ1v) is 7.75. The van der Waals surface area contributed by atoms with Crippen molar-refractivity contribution < 1.29 is 4.79 Å². The van der Waals surface area contributed by atoms with Crippen LogP contribution >= 0.6 is 15.9 Å². The summed E-state index contributed by atoms with van der Waals surface area (Å²) in [5.41, 5.74) is 8.73. The van der Waals surface area contributed by atoms with Crippen molar-refractivity contribution in [3.8, 4) is 0 Å². The largest absolute Gasteiger partial charge is 0.395 e. The van der Waals surface area contributed by atoms with Gasteiger partial charge in [-0.05, 0) is 37.5 Å². The Hall–Kier alpha value is -1.82. The van der Waals surface area contributed by atoms with Gasteiger partial charge in [-0.3, -0.25) is 9.89 Å². The number of hydrogen-bond acceptors (Lipinski definition) is 3. The molecule has 4 N–H and O–H groups in total. The zero-order chi connectivity index (χ0) is 15.0. The van der Waals surface area contributed by atoms with Crippen molar-refractivity contribution in [3.05, 3.63) is 45.7 Å². The summed E-state index contributed by atoms with van der Waals surface area (Å²) in [5, 5.41) is 9.89. The van der Waals surface area contributed by atoms with Crippen molar-refractivity contribution in [2.45, 2.75) is 31.7 Å². The van der Waals surface area contributed by atoms with Crippen LogP contribution in [-0.4, -0.2) is 16.1 Å². The summed E-state index contributed by atoms with van der Waals surface area (Å²) in [6.07, 6.45) is 2.23. The van der Waals surface area contributed by atoms with E-state index in [1.54, 1.807) is 0 Å². The van der Waals surface area contributed by atoms with Crippen LogP contribution in [0.3, 0.4) is 0 Å². The Kier molecular flexibility index (Phi) is 3.71. The number of nitrogens with zero attached hydrogens (tertiary/aromatic N) is 1. The highest BCUT2D eigenvalue weighted by Crippen LogP contribution is 2.42. The lowest BCUT2D eigenvalue weighted by atomic mass is 10.1. The Labute approximate surface area is 131 Å². The lowest BCUT2D eigenvalue weighted by molar-refractivity contribution is 0.0935. The Morgan fingerprint density at radius 2 is 2.10 bits per heavy atom. The molecule has 1 amide bonds. The van der Waals surface area contributed by atoms with Gasteiger partial charge in [0.1, 0.15) is 0 Å². The van der Waals surface area contributed by atoms with E-state index in [4.69, 9.17) is 5.73 Å². The molecular formula is C15H17BrN4O. The van der Waals surface area contributed by atoms with Gasteiger partial charge in [-0.25, -0.2) is 0 Å². The second kappa shape index (κ2) is 5.52. The van der Waals surface area contributed by atoms with Gasteiger partial charge in [0.15, 0.2) is 5.69 Å². The molecule has 1 aliphatic rings. The van der Waals surface area contributed by atoms with Crippen LogP contribution in [0.2, 0.25) is 0 Å². The number of rotatable bonds is 4. The van der Waals surface area contributed by atoms with Crippen molar-refractivity contribution in [2.75, 3.05) is 5.73 Å². The van der Waals surface area contributed by atoms with Crippen molar-refractivity contribution >= 4 is 27.5 Å². The highest BCUT2D eigenvalue weighted by atomic mass is 79.9. The SMILES string of the molecule is C[C@H](NC(=O)c1n[nH]c(C2CC2)c1N)c1ccc(Br)cc1. The standard InChI is InChI=1S/C15H17BrN4O/c1-8(9-4-6-11(16)7-5-9)18-15(21)14-12(17)13(19-20-14)10-2-3-10/h4-8,10H,2-3,17H2,1H3,(H,18,21)(H,19,20)/t8-/m0/s1. The van der Waals surface area contributed by atoms with Gasteiger partial charge >= 0.3 is 0 Å². The summed E-state index contributed by atoms with van der Waals surface area (Å²) in [6.45, 7) is 1.94. The first-order valence-electron chi connectivity index (χ1n) is 6.96. The lowest BCUT2D eigenvalue weighted by Gasteiger charge is -2.13. The normalized spacial score (nSPS) is 15.7. The first-order chi connectivity index (χ1) is 10.1. The first kappa shape index (κ1) is 14.1. The van der Waals surface area contributed by atoms with Crippen LogP contribution in [0.1, 0.15) is 53.5 Å². The summed E-state index contributed by atoms with van der Waals surface area (Å²) < 4.78 is 1.01. The Balaban J connectivity index is 1.72. The number of carbonyl (C=O) groups is 1. The molecule has 2 aromatic rings. The number of halogens is 1. The number of aromatic nitrogens is 2. The molecule has 0 bridgehead atoms. The third kappa shape index (κ3) is 2.95. The molecule has 1 aliphatic carbocycles. The average Bonchev–Trinajstić information content (AvgIpc) is 3.22. The summed E-state index contributed by atoms with van der Waals surface area (Å²) in [5.74, 6) is 0.203. The predicted octanol–water partition coefficient (Wildman–Crippen LogP) is 3.12. The average molecular weight is 349 g/mol. The Bertz CT molecular complexity index is 661. The highest BCUT2D eigenvalue weighted by Gasteiger charge is 2.30. The predicted molar refractivity (Wildman–Crippen MR) is 85.0 cm³/mol. The minimum Gasteiger partial charge on any atom is -0.395 e. The number of nitrogens with one attached hydrogen (secondary N) is 2. The maximum absolute atomic E-state index is 12.3. The molecule has 1 aromatic carbocycles. The van der Waals surface area contributed by atoms with Gasteiger partial charge in [-0.2, -0.15) is 5.10 Å². The van der Waals surface area contributed by atoms with Crippen LogP contribution in [0, 0.1) is 0 Å². The molecule has 110 valence electrons. The minimum atomic E-state index is -0.244. The number of nitrogen functional groups attached to an aromatic ring is 1. The van der Waals surface area contributed by atoms with Crippen molar-refractivity contribution in [1.82, 2.24) is 15.5 Å². The van der Waals surface area contributed by atoms with E-state index in [-0.39, 0.29) is 11.9 Å². The smallest absolute Gasteiger partial charge is 0.274 e. The molecule has 0 aliphatic heterocycles. The van der Waals surface area contributed by atoms with E-state index in [9.17, 15) is 4.79 Å². The molecule has 0 saturated heterocycles. The van der Waals surface area contributed by atoms with E-state index >= 15 is 0 Å². The van der Waals surface area contributed by atoms with Crippen LogP contribution in [0.5, 0.6) is 0 Å². The van der Waals surface area contributed by atoms with Crippen LogP contribution in [-0.2, 0) is 0 Å². The van der Waals surface area contributed by atoms with Gasteiger partial charge in [0, 0.05) is 10.4 Å².